The molecule has 3 fully saturated rings. The van der Waals surface area contributed by atoms with Crippen molar-refractivity contribution in [3.63, 3.8) is 0 Å². The van der Waals surface area contributed by atoms with E-state index < -0.39 is 0 Å². The molecule has 2 amide bonds. The quantitative estimate of drug-likeness (QED) is 0.636. The lowest BCUT2D eigenvalue weighted by atomic mass is 9.78. The third kappa shape index (κ3) is 5.39. The van der Waals surface area contributed by atoms with Crippen LogP contribution in [0.25, 0.3) is 0 Å². The number of fused-ring (bicyclic) bond motifs is 1. The van der Waals surface area contributed by atoms with Crippen molar-refractivity contribution in [3.8, 4) is 0 Å². The highest BCUT2D eigenvalue weighted by atomic mass is 19.1. The van der Waals surface area contributed by atoms with Gasteiger partial charge in [-0.05, 0) is 56.6 Å². The van der Waals surface area contributed by atoms with E-state index in [1.807, 2.05) is 15.9 Å². The number of rotatable bonds is 6. The lowest BCUT2D eigenvalue weighted by molar-refractivity contribution is -0.138. The van der Waals surface area contributed by atoms with Gasteiger partial charge in [-0.25, -0.2) is 4.39 Å². The molecular weight excluding hydrogens is 393 g/mol. The van der Waals surface area contributed by atoms with Gasteiger partial charge in [-0.2, -0.15) is 0 Å². The van der Waals surface area contributed by atoms with Crippen LogP contribution in [0.1, 0.15) is 64.2 Å². The lowest BCUT2D eigenvalue weighted by Crippen LogP contribution is -2.49. The molecule has 0 bridgehead atoms. The molecule has 1 saturated carbocycles. The van der Waals surface area contributed by atoms with Gasteiger partial charge in [0.2, 0.25) is 11.8 Å². The first-order valence-corrected chi connectivity index (χ1v) is 12.2. The number of hydrogen-bond donors (Lipinski definition) is 0. The number of carbonyl (C=O) groups excluding carboxylic acids is 2. The van der Waals surface area contributed by atoms with Crippen LogP contribution in [-0.4, -0.2) is 60.4 Å². The smallest absolute Gasteiger partial charge is 0.222 e. The van der Waals surface area contributed by atoms with Crippen molar-refractivity contribution < 1.29 is 14.0 Å². The Kier molecular flexibility index (Phi) is 7.46. The molecule has 170 valence electrons. The van der Waals surface area contributed by atoms with Crippen LogP contribution in [0, 0.1) is 11.7 Å². The Labute approximate surface area is 185 Å². The van der Waals surface area contributed by atoms with Crippen molar-refractivity contribution in [1.82, 2.24) is 9.80 Å². The SMILES string of the molecule is O=C(CCCCC(=O)N1CCCC2CCCCC21)N1CCN(c2ccccc2F)CC1. The zero-order valence-corrected chi connectivity index (χ0v) is 18.6. The molecule has 2 atom stereocenters. The normalized spacial score (nSPS) is 24.1. The zero-order chi connectivity index (χ0) is 21.6. The second-order valence-corrected chi connectivity index (χ2v) is 9.37. The molecule has 0 spiro atoms. The van der Waals surface area contributed by atoms with Gasteiger partial charge in [-0.3, -0.25) is 9.59 Å². The highest BCUT2D eigenvalue weighted by Gasteiger charge is 2.35. The van der Waals surface area contributed by atoms with E-state index in [0.29, 0.717) is 56.7 Å². The summed E-state index contributed by atoms with van der Waals surface area (Å²) in [6, 6.07) is 7.29. The minimum atomic E-state index is -0.208. The summed E-state index contributed by atoms with van der Waals surface area (Å²) in [7, 11) is 0. The molecular formula is C25H36FN3O2. The molecule has 1 aliphatic carbocycles. The van der Waals surface area contributed by atoms with Crippen LogP contribution in [-0.2, 0) is 9.59 Å². The van der Waals surface area contributed by atoms with Gasteiger partial charge in [-0.15, -0.1) is 0 Å². The van der Waals surface area contributed by atoms with Crippen LogP contribution in [0.2, 0.25) is 0 Å². The van der Waals surface area contributed by atoms with Gasteiger partial charge >= 0.3 is 0 Å². The highest BCUT2D eigenvalue weighted by Crippen LogP contribution is 2.35. The number of halogens is 1. The van der Waals surface area contributed by atoms with Crippen LogP contribution in [0.15, 0.2) is 24.3 Å². The van der Waals surface area contributed by atoms with E-state index in [1.54, 1.807) is 12.1 Å². The van der Waals surface area contributed by atoms with E-state index in [4.69, 9.17) is 0 Å². The summed E-state index contributed by atoms with van der Waals surface area (Å²) >= 11 is 0. The Hall–Kier alpha value is -2.11. The van der Waals surface area contributed by atoms with Gasteiger partial charge in [0.15, 0.2) is 0 Å². The van der Waals surface area contributed by atoms with Crippen molar-refractivity contribution >= 4 is 17.5 Å². The molecule has 4 rings (SSSR count). The van der Waals surface area contributed by atoms with E-state index in [2.05, 4.69) is 4.90 Å². The Balaban J connectivity index is 1.15. The lowest BCUT2D eigenvalue weighted by Gasteiger charge is -2.44. The van der Waals surface area contributed by atoms with Gasteiger partial charge in [0, 0.05) is 51.6 Å². The van der Waals surface area contributed by atoms with E-state index in [-0.39, 0.29) is 11.7 Å². The van der Waals surface area contributed by atoms with E-state index in [9.17, 15) is 14.0 Å². The first-order chi connectivity index (χ1) is 15.1. The molecule has 0 radical (unpaired) electrons. The number of likely N-dealkylation sites (tertiary alicyclic amines) is 1. The van der Waals surface area contributed by atoms with Gasteiger partial charge in [-0.1, -0.05) is 25.0 Å². The van der Waals surface area contributed by atoms with Crippen LogP contribution in [0.3, 0.4) is 0 Å². The average Bonchev–Trinajstić information content (AvgIpc) is 2.81. The number of para-hydroxylation sites is 1. The number of carbonyl (C=O) groups is 2. The Morgan fingerprint density at radius 1 is 0.839 bits per heavy atom. The number of benzene rings is 1. The van der Waals surface area contributed by atoms with Crippen LogP contribution in [0.5, 0.6) is 0 Å². The molecule has 0 N–H and O–H groups in total. The molecule has 2 unspecified atom stereocenters. The predicted octanol–water partition coefficient (Wildman–Crippen LogP) is 4.22. The number of unbranched alkanes of at least 4 members (excludes halogenated alkanes) is 1. The fourth-order valence-electron chi connectivity index (χ4n) is 5.69. The molecule has 31 heavy (non-hydrogen) atoms. The number of hydrogen-bond acceptors (Lipinski definition) is 3. The van der Waals surface area contributed by atoms with Crippen molar-refractivity contribution in [1.29, 1.82) is 0 Å². The van der Waals surface area contributed by atoms with Gasteiger partial charge in [0.1, 0.15) is 5.82 Å². The van der Waals surface area contributed by atoms with Gasteiger partial charge < -0.3 is 14.7 Å². The molecule has 1 aromatic carbocycles. The third-order valence-corrected chi connectivity index (χ3v) is 7.42. The summed E-state index contributed by atoms with van der Waals surface area (Å²) in [5.41, 5.74) is 0.617. The van der Waals surface area contributed by atoms with Crippen molar-refractivity contribution in [2.45, 2.75) is 70.3 Å². The first-order valence-electron chi connectivity index (χ1n) is 12.2. The Morgan fingerprint density at radius 3 is 2.29 bits per heavy atom. The van der Waals surface area contributed by atoms with Crippen LogP contribution < -0.4 is 4.90 Å². The van der Waals surface area contributed by atoms with E-state index >= 15 is 0 Å². The minimum Gasteiger partial charge on any atom is -0.366 e. The summed E-state index contributed by atoms with van der Waals surface area (Å²) < 4.78 is 14.0. The van der Waals surface area contributed by atoms with Crippen LogP contribution >= 0.6 is 0 Å². The summed E-state index contributed by atoms with van der Waals surface area (Å²) in [6.45, 7) is 3.49. The summed E-state index contributed by atoms with van der Waals surface area (Å²) in [5, 5.41) is 0. The van der Waals surface area contributed by atoms with Crippen molar-refractivity contribution in [3.05, 3.63) is 30.1 Å². The first kappa shape index (κ1) is 22.1. The van der Waals surface area contributed by atoms with Crippen molar-refractivity contribution in [2.24, 2.45) is 5.92 Å². The zero-order valence-electron chi connectivity index (χ0n) is 18.6. The molecule has 5 nitrogen and oxygen atoms in total. The number of amides is 2. The molecule has 2 heterocycles. The molecule has 0 aromatic heterocycles. The number of piperidine rings is 1. The number of piperazine rings is 1. The fourth-order valence-corrected chi connectivity index (χ4v) is 5.69. The number of nitrogens with zero attached hydrogens (tertiary/aromatic N) is 3. The van der Waals surface area contributed by atoms with E-state index in [0.717, 1.165) is 31.7 Å². The van der Waals surface area contributed by atoms with Gasteiger partial charge in [0.25, 0.3) is 0 Å². The Bertz CT molecular complexity index is 761. The maximum Gasteiger partial charge on any atom is 0.222 e. The molecule has 1 aromatic rings. The van der Waals surface area contributed by atoms with E-state index in [1.165, 1.54) is 38.2 Å². The maximum atomic E-state index is 14.0. The van der Waals surface area contributed by atoms with Crippen LogP contribution in [0.4, 0.5) is 10.1 Å². The minimum absolute atomic E-state index is 0.158. The highest BCUT2D eigenvalue weighted by molar-refractivity contribution is 5.78. The number of anilines is 1. The fraction of sp³-hybridized carbons (Fsp3) is 0.680. The van der Waals surface area contributed by atoms with Crippen molar-refractivity contribution in [2.75, 3.05) is 37.6 Å². The topological polar surface area (TPSA) is 43.9 Å². The predicted molar refractivity (Wildman–Crippen MR) is 120 cm³/mol. The molecule has 3 aliphatic rings. The third-order valence-electron chi connectivity index (χ3n) is 7.42. The largest absolute Gasteiger partial charge is 0.366 e. The summed E-state index contributed by atoms with van der Waals surface area (Å²) in [6.07, 6.45) is 10.1. The average molecular weight is 430 g/mol. The maximum absolute atomic E-state index is 14.0. The Morgan fingerprint density at radius 2 is 1.52 bits per heavy atom. The second-order valence-electron chi connectivity index (χ2n) is 9.37. The second kappa shape index (κ2) is 10.5. The molecule has 2 aliphatic heterocycles. The summed E-state index contributed by atoms with van der Waals surface area (Å²) in [5.74, 6) is 0.963. The summed E-state index contributed by atoms with van der Waals surface area (Å²) in [4.78, 5) is 31.4. The van der Waals surface area contributed by atoms with Gasteiger partial charge in [0.05, 0.1) is 5.69 Å². The standard InChI is InChI=1S/C25H36FN3O2/c26-21-10-2-4-12-23(21)27-16-18-28(19-17-27)24(30)13-5-6-14-25(31)29-15-7-9-20-8-1-3-11-22(20)29/h2,4,10,12,20,22H,1,3,5-9,11,13-19H2. The monoisotopic (exact) mass is 429 g/mol. The molecule has 6 heteroatoms. The molecule has 2 saturated heterocycles.